The van der Waals surface area contributed by atoms with Gasteiger partial charge < -0.3 is 20.4 Å². The summed E-state index contributed by atoms with van der Waals surface area (Å²) in [5.41, 5.74) is -0.403. The molecule has 0 radical (unpaired) electrons. The molecule has 0 aromatic rings. The van der Waals surface area contributed by atoms with Crippen LogP contribution in [-0.4, -0.2) is 43.6 Å². The van der Waals surface area contributed by atoms with E-state index in [0.29, 0.717) is 0 Å². The molecule has 2 saturated carbocycles. The molecule has 158 valence electrons. The molecule has 0 aromatic heterocycles. The summed E-state index contributed by atoms with van der Waals surface area (Å²) in [6, 6.07) is 0. The average molecular weight is 382 g/mol. The maximum atomic E-state index is 8.56. The van der Waals surface area contributed by atoms with Crippen molar-refractivity contribution in [3.8, 4) is 0 Å². The van der Waals surface area contributed by atoms with Crippen molar-refractivity contribution in [2.24, 2.45) is 0 Å². The van der Waals surface area contributed by atoms with Crippen molar-refractivity contribution in [1.82, 2.24) is 0 Å². The fourth-order valence-electron chi connectivity index (χ4n) is 2.12. The molecule has 8 heteroatoms. The molecule has 5 N–H and O–H groups in total. The molecule has 0 bridgehead atoms. The number of hydrogen-bond donors (Lipinski definition) is 5. The van der Waals surface area contributed by atoms with Crippen LogP contribution in [-0.2, 0) is 4.89 Å². The summed E-state index contributed by atoms with van der Waals surface area (Å²) in [6.07, 6.45) is 14.3. The quantitative estimate of drug-likeness (QED) is 0.239. The van der Waals surface area contributed by atoms with Crippen molar-refractivity contribution < 1.29 is 40.2 Å². The van der Waals surface area contributed by atoms with Gasteiger partial charge in [0.25, 0.3) is 0 Å². The molecule has 8 nitrogen and oxygen atoms in total. The second kappa shape index (κ2) is 21.5. The first-order valence-electron chi connectivity index (χ1n) is 9.19. The highest BCUT2D eigenvalue weighted by molar-refractivity contribution is 5.53. The van der Waals surface area contributed by atoms with Gasteiger partial charge in [-0.15, -0.1) is 0 Å². The van der Waals surface area contributed by atoms with Crippen LogP contribution in [0, 0.1) is 0 Å². The fraction of sp³-hybridized carbons (Fsp3) is 0.889. The van der Waals surface area contributed by atoms with Crippen molar-refractivity contribution in [3.63, 3.8) is 0 Å². The van der Waals surface area contributed by atoms with Crippen LogP contribution in [0.15, 0.2) is 0 Å². The molecular formula is C18H38O8. The standard InChI is InChI=1S/2C6H12.C4H10O2.2CH2O3/c2*1-2-4-6-5-3-1;1-4(2,3)6-5;2*2-1(3)4/h2*1-6H2;5H,1-3H3;2*(H2,2,3,4). The number of carbonyl (C=O) groups is 2. The summed E-state index contributed by atoms with van der Waals surface area (Å²) in [4.78, 5) is 21.0. The van der Waals surface area contributed by atoms with Crippen LogP contribution in [0.5, 0.6) is 0 Å². The van der Waals surface area contributed by atoms with E-state index in [4.69, 9.17) is 35.3 Å². The van der Waals surface area contributed by atoms with Gasteiger partial charge in [0.1, 0.15) is 0 Å². The molecule has 0 heterocycles. The number of hydrogen-bond acceptors (Lipinski definition) is 4. The Morgan fingerprint density at radius 3 is 0.692 bits per heavy atom. The minimum Gasteiger partial charge on any atom is -0.450 e. The van der Waals surface area contributed by atoms with Gasteiger partial charge >= 0.3 is 12.3 Å². The molecule has 0 unspecified atom stereocenters. The third-order valence-electron chi connectivity index (χ3n) is 3.27. The van der Waals surface area contributed by atoms with Crippen molar-refractivity contribution in [3.05, 3.63) is 0 Å². The van der Waals surface area contributed by atoms with Crippen LogP contribution in [0.2, 0.25) is 0 Å². The van der Waals surface area contributed by atoms with E-state index in [1.807, 2.05) is 0 Å². The van der Waals surface area contributed by atoms with Crippen LogP contribution in [0.4, 0.5) is 9.59 Å². The molecule has 2 rings (SSSR count). The summed E-state index contributed by atoms with van der Waals surface area (Å²) in [7, 11) is 0. The second-order valence-electron chi connectivity index (χ2n) is 7.01. The van der Waals surface area contributed by atoms with Crippen LogP contribution < -0.4 is 0 Å². The summed E-state index contributed by atoms with van der Waals surface area (Å²) < 4.78 is 0. The molecule has 2 fully saturated rings. The Balaban J connectivity index is -0.000000258. The summed E-state index contributed by atoms with van der Waals surface area (Å²) in [5, 5.41) is 35.8. The Morgan fingerprint density at radius 2 is 0.654 bits per heavy atom. The summed E-state index contributed by atoms with van der Waals surface area (Å²) >= 11 is 0. The molecule has 0 spiro atoms. The lowest BCUT2D eigenvalue weighted by Crippen LogP contribution is -2.15. The zero-order valence-electron chi connectivity index (χ0n) is 16.4. The van der Waals surface area contributed by atoms with E-state index >= 15 is 0 Å². The number of rotatable bonds is 0. The van der Waals surface area contributed by atoms with Gasteiger partial charge in [0.2, 0.25) is 0 Å². The Labute approximate surface area is 156 Å². The van der Waals surface area contributed by atoms with E-state index in [9.17, 15) is 0 Å². The minimum atomic E-state index is -1.83. The van der Waals surface area contributed by atoms with Crippen LogP contribution in [0.25, 0.3) is 0 Å². The van der Waals surface area contributed by atoms with Gasteiger partial charge in [0.05, 0.1) is 5.60 Å². The molecule has 2 aliphatic rings. The molecule has 0 aliphatic heterocycles. The van der Waals surface area contributed by atoms with Crippen molar-refractivity contribution in [2.45, 2.75) is 103 Å². The van der Waals surface area contributed by atoms with Crippen LogP contribution in [0.3, 0.4) is 0 Å². The Kier molecular flexibility index (Phi) is 24.2. The molecule has 0 amide bonds. The van der Waals surface area contributed by atoms with Gasteiger partial charge in [-0.2, -0.15) is 0 Å². The zero-order chi connectivity index (χ0) is 20.8. The average Bonchev–Trinajstić information content (AvgIpc) is 2.57. The largest absolute Gasteiger partial charge is 0.503 e. The molecule has 26 heavy (non-hydrogen) atoms. The maximum absolute atomic E-state index is 8.56. The predicted molar refractivity (Wildman–Crippen MR) is 100 cm³/mol. The Hall–Kier alpha value is -1.54. The third-order valence-corrected chi connectivity index (χ3v) is 3.27. The maximum Gasteiger partial charge on any atom is 0.503 e. The molecule has 0 saturated heterocycles. The smallest absolute Gasteiger partial charge is 0.450 e. The monoisotopic (exact) mass is 382 g/mol. The molecule has 0 aromatic carbocycles. The summed E-state index contributed by atoms with van der Waals surface area (Å²) in [5.74, 6) is 0. The van der Waals surface area contributed by atoms with E-state index in [0.717, 1.165) is 0 Å². The van der Waals surface area contributed by atoms with Gasteiger partial charge in [0.15, 0.2) is 0 Å². The lowest BCUT2D eigenvalue weighted by Gasteiger charge is -2.10. The third kappa shape index (κ3) is 57.1. The zero-order valence-corrected chi connectivity index (χ0v) is 16.4. The Bertz CT molecular complexity index is 250. The predicted octanol–water partition coefficient (Wildman–Crippen LogP) is 6.40. The van der Waals surface area contributed by atoms with Gasteiger partial charge in [-0.1, -0.05) is 77.0 Å². The normalized spacial score (nSPS) is 15.7. The second-order valence-corrected chi connectivity index (χ2v) is 7.01. The molecule has 2 aliphatic carbocycles. The van der Waals surface area contributed by atoms with Gasteiger partial charge in [-0.25, -0.2) is 14.5 Å². The minimum absolute atomic E-state index is 0.403. The first-order chi connectivity index (χ1) is 12.0. The highest BCUT2D eigenvalue weighted by Gasteiger charge is 2.07. The highest BCUT2D eigenvalue weighted by Crippen LogP contribution is 2.15. The SMILES string of the molecule is C1CCCCC1.C1CCCCC1.CC(C)(C)OO.O=C(O)O.O=C(O)O. The van der Waals surface area contributed by atoms with Gasteiger partial charge in [0, 0.05) is 0 Å². The topological polar surface area (TPSA) is 145 Å². The van der Waals surface area contributed by atoms with Crippen LogP contribution >= 0.6 is 0 Å². The van der Waals surface area contributed by atoms with Crippen molar-refractivity contribution in [1.29, 1.82) is 0 Å². The van der Waals surface area contributed by atoms with E-state index in [2.05, 4.69) is 4.89 Å². The van der Waals surface area contributed by atoms with E-state index in [1.54, 1.807) is 20.8 Å². The van der Waals surface area contributed by atoms with E-state index < -0.39 is 17.9 Å². The molecule has 0 atom stereocenters. The number of carboxylic acid groups (broad SMARTS) is 4. The lowest BCUT2D eigenvalue weighted by atomic mass is 10.0. The van der Waals surface area contributed by atoms with Crippen molar-refractivity contribution >= 4 is 12.3 Å². The first-order valence-corrected chi connectivity index (χ1v) is 9.19. The highest BCUT2D eigenvalue weighted by atomic mass is 17.1. The van der Waals surface area contributed by atoms with E-state index in [-0.39, 0.29) is 0 Å². The van der Waals surface area contributed by atoms with Gasteiger partial charge in [-0.3, -0.25) is 5.26 Å². The molecular weight excluding hydrogens is 344 g/mol. The lowest BCUT2D eigenvalue weighted by molar-refractivity contribution is -0.306. The first kappa shape index (κ1) is 29.2. The van der Waals surface area contributed by atoms with Crippen molar-refractivity contribution in [2.75, 3.05) is 0 Å². The van der Waals surface area contributed by atoms with E-state index in [1.165, 1.54) is 77.0 Å². The fourth-order valence-corrected chi connectivity index (χ4v) is 2.12. The Morgan fingerprint density at radius 1 is 0.577 bits per heavy atom. The summed E-state index contributed by atoms with van der Waals surface area (Å²) in [6.45, 7) is 5.31. The van der Waals surface area contributed by atoms with Crippen LogP contribution in [0.1, 0.15) is 97.8 Å². The van der Waals surface area contributed by atoms with Gasteiger partial charge in [-0.05, 0) is 20.8 Å².